The Balaban J connectivity index is 1.66. The number of hydrogen-bond acceptors (Lipinski definition) is 3. The molecule has 4 heteroatoms. The summed E-state index contributed by atoms with van der Waals surface area (Å²) in [6.07, 6.45) is 3.68. The number of nitrogens with zero attached hydrogens (tertiary/aromatic N) is 2. The molecule has 2 aromatic heterocycles. The van der Waals surface area contributed by atoms with Crippen molar-refractivity contribution in [3.63, 3.8) is 0 Å². The molecule has 1 aromatic carbocycles. The second kappa shape index (κ2) is 6.12. The van der Waals surface area contributed by atoms with Crippen LogP contribution >= 0.6 is 0 Å². The highest BCUT2D eigenvalue weighted by Gasteiger charge is 2.06. The number of hydrogen-bond donors (Lipinski definition) is 2. The van der Waals surface area contributed by atoms with E-state index >= 15 is 0 Å². The summed E-state index contributed by atoms with van der Waals surface area (Å²) in [5, 5.41) is 10.6. The van der Waals surface area contributed by atoms with Gasteiger partial charge in [0.15, 0.2) is 0 Å². The van der Waals surface area contributed by atoms with E-state index in [1.807, 2.05) is 48.8 Å². The molecule has 0 saturated heterocycles. The molecule has 0 atom stereocenters. The summed E-state index contributed by atoms with van der Waals surface area (Å²) in [4.78, 5) is 4.29. The number of aromatic amines is 1. The van der Waals surface area contributed by atoms with Crippen molar-refractivity contribution in [2.24, 2.45) is 0 Å². The fourth-order valence-corrected chi connectivity index (χ4v) is 2.13. The Kier molecular flexibility index (Phi) is 3.85. The van der Waals surface area contributed by atoms with Crippen LogP contribution in [0.5, 0.6) is 0 Å². The molecule has 2 heterocycles. The average molecular weight is 264 g/mol. The van der Waals surface area contributed by atoms with Crippen LogP contribution in [0.3, 0.4) is 0 Å². The van der Waals surface area contributed by atoms with E-state index in [4.69, 9.17) is 0 Å². The largest absolute Gasteiger partial charge is 0.307 e. The fraction of sp³-hybridized carbons (Fsp3) is 0.125. The van der Waals surface area contributed by atoms with Crippen molar-refractivity contribution in [1.82, 2.24) is 20.5 Å². The van der Waals surface area contributed by atoms with E-state index in [9.17, 15) is 0 Å². The number of aromatic nitrogens is 3. The van der Waals surface area contributed by atoms with Crippen LogP contribution in [0.15, 0.2) is 60.9 Å². The van der Waals surface area contributed by atoms with Crippen LogP contribution in [-0.4, -0.2) is 15.2 Å². The standard InChI is InChI=1S/C16H16N4/c1-2-6-13(7-3-1)16-14(11-19-20-16)10-17-12-15-8-4-5-9-18-15/h1-9,11,17H,10,12H2,(H,19,20). The van der Waals surface area contributed by atoms with E-state index < -0.39 is 0 Å². The summed E-state index contributed by atoms with van der Waals surface area (Å²) in [5.74, 6) is 0. The molecule has 0 fully saturated rings. The van der Waals surface area contributed by atoms with Crippen LogP contribution in [0, 0.1) is 0 Å². The topological polar surface area (TPSA) is 53.6 Å². The van der Waals surface area contributed by atoms with E-state index in [-0.39, 0.29) is 0 Å². The first-order chi connectivity index (χ1) is 9.93. The minimum Gasteiger partial charge on any atom is -0.307 e. The van der Waals surface area contributed by atoms with Gasteiger partial charge in [-0.3, -0.25) is 10.1 Å². The summed E-state index contributed by atoms with van der Waals surface area (Å²) in [7, 11) is 0. The quantitative estimate of drug-likeness (QED) is 0.745. The maximum Gasteiger partial charge on any atom is 0.0695 e. The number of H-pyrrole nitrogens is 1. The summed E-state index contributed by atoms with van der Waals surface area (Å²) < 4.78 is 0. The van der Waals surface area contributed by atoms with Gasteiger partial charge in [-0.25, -0.2) is 0 Å². The smallest absolute Gasteiger partial charge is 0.0695 e. The van der Waals surface area contributed by atoms with Crippen LogP contribution < -0.4 is 5.32 Å². The van der Waals surface area contributed by atoms with Crippen molar-refractivity contribution in [3.8, 4) is 11.3 Å². The maximum atomic E-state index is 4.29. The predicted octanol–water partition coefficient (Wildman–Crippen LogP) is 2.76. The van der Waals surface area contributed by atoms with Crippen LogP contribution in [0.4, 0.5) is 0 Å². The zero-order valence-electron chi connectivity index (χ0n) is 11.1. The van der Waals surface area contributed by atoms with Gasteiger partial charge in [-0.1, -0.05) is 36.4 Å². The molecule has 2 N–H and O–H groups in total. The van der Waals surface area contributed by atoms with E-state index in [0.29, 0.717) is 0 Å². The first-order valence-corrected chi connectivity index (χ1v) is 6.62. The minimum atomic E-state index is 0.750. The third-order valence-corrected chi connectivity index (χ3v) is 3.13. The van der Waals surface area contributed by atoms with Gasteiger partial charge >= 0.3 is 0 Å². The first-order valence-electron chi connectivity index (χ1n) is 6.62. The molecule has 0 aliphatic heterocycles. The van der Waals surface area contributed by atoms with Gasteiger partial charge in [0.25, 0.3) is 0 Å². The molecular weight excluding hydrogens is 248 g/mol. The summed E-state index contributed by atoms with van der Waals surface area (Å²) in [6.45, 7) is 1.51. The molecule has 0 aliphatic carbocycles. The van der Waals surface area contributed by atoms with E-state index in [0.717, 1.165) is 35.6 Å². The van der Waals surface area contributed by atoms with Gasteiger partial charge in [-0.2, -0.15) is 5.10 Å². The molecule has 4 nitrogen and oxygen atoms in total. The Bertz CT molecular complexity index is 647. The molecule has 0 unspecified atom stereocenters. The highest BCUT2D eigenvalue weighted by atomic mass is 15.1. The highest BCUT2D eigenvalue weighted by molar-refractivity contribution is 5.62. The van der Waals surface area contributed by atoms with Crippen LogP contribution in [0.2, 0.25) is 0 Å². The van der Waals surface area contributed by atoms with Gasteiger partial charge < -0.3 is 5.32 Å². The van der Waals surface area contributed by atoms with Gasteiger partial charge in [0.05, 0.1) is 17.6 Å². The Morgan fingerprint density at radius 2 is 1.80 bits per heavy atom. The van der Waals surface area contributed by atoms with Gasteiger partial charge in [-0.15, -0.1) is 0 Å². The van der Waals surface area contributed by atoms with E-state index in [2.05, 4.69) is 32.6 Å². The lowest BCUT2D eigenvalue weighted by Crippen LogP contribution is -2.13. The molecule has 0 aliphatic rings. The van der Waals surface area contributed by atoms with E-state index in [1.165, 1.54) is 0 Å². The fourth-order valence-electron chi connectivity index (χ4n) is 2.13. The Morgan fingerprint density at radius 1 is 0.950 bits per heavy atom. The molecule has 0 spiro atoms. The summed E-state index contributed by atoms with van der Waals surface area (Å²) in [6, 6.07) is 16.2. The van der Waals surface area contributed by atoms with Crippen molar-refractivity contribution in [3.05, 3.63) is 72.2 Å². The third kappa shape index (κ3) is 2.92. The molecular formula is C16H16N4. The van der Waals surface area contributed by atoms with Gasteiger partial charge in [0.1, 0.15) is 0 Å². The zero-order chi connectivity index (χ0) is 13.6. The second-order valence-electron chi connectivity index (χ2n) is 4.56. The third-order valence-electron chi connectivity index (χ3n) is 3.13. The summed E-state index contributed by atoms with van der Waals surface area (Å²) >= 11 is 0. The summed E-state index contributed by atoms with van der Waals surface area (Å²) in [5.41, 5.74) is 4.42. The lowest BCUT2D eigenvalue weighted by Gasteiger charge is -2.05. The maximum absolute atomic E-state index is 4.29. The van der Waals surface area contributed by atoms with Crippen molar-refractivity contribution in [1.29, 1.82) is 0 Å². The predicted molar refractivity (Wildman–Crippen MR) is 78.8 cm³/mol. The molecule has 3 rings (SSSR count). The van der Waals surface area contributed by atoms with Crippen molar-refractivity contribution in [2.75, 3.05) is 0 Å². The monoisotopic (exact) mass is 264 g/mol. The molecule has 100 valence electrons. The molecule has 0 amide bonds. The van der Waals surface area contributed by atoms with Crippen molar-refractivity contribution < 1.29 is 0 Å². The van der Waals surface area contributed by atoms with Crippen LogP contribution in [0.25, 0.3) is 11.3 Å². The molecule has 0 radical (unpaired) electrons. The van der Waals surface area contributed by atoms with Crippen LogP contribution in [-0.2, 0) is 13.1 Å². The van der Waals surface area contributed by atoms with Gasteiger partial charge in [0.2, 0.25) is 0 Å². The number of rotatable bonds is 5. The number of pyridine rings is 1. The number of nitrogens with one attached hydrogen (secondary N) is 2. The molecule has 20 heavy (non-hydrogen) atoms. The molecule has 0 saturated carbocycles. The van der Waals surface area contributed by atoms with Crippen molar-refractivity contribution >= 4 is 0 Å². The second-order valence-corrected chi connectivity index (χ2v) is 4.56. The highest BCUT2D eigenvalue weighted by Crippen LogP contribution is 2.20. The minimum absolute atomic E-state index is 0.750. The van der Waals surface area contributed by atoms with Gasteiger partial charge in [-0.05, 0) is 17.7 Å². The SMILES string of the molecule is c1ccc(-c2[nH]ncc2CNCc2ccccn2)cc1. The Labute approximate surface area is 117 Å². The molecule has 3 aromatic rings. The van der Waals surface area contributed by atoms with Crippen molar-refractivity contribution in [2.45, 2.75) is 13.1 Å². The Hall–Kier alpha value is -2.46. The average Bonchev–Trinajstić information content (AvgIpc) is 2.98. The van der Waals surface area contributed by atoms with Crippen LogP contribution in [0.1, 0.15) is 11.3 Å². The molecule has 0 bridgehead atoms. The first kappa shape index (κ1) is 12.6. The lowest BCUT2D eigenvalue weighted by atomic mass is 10.1. The number of benzene rings is 1. The normalized spacial score (nSPS) is 10.6. The Morgan fingerprint density at radius 3 is 2.60 bits per heavy atom. The van der Waals surface area contributed by atoms with Gasteiger partial charge in [0, 0.05) is 24.8 Å². The van der Waals surface area contributed by atoms with E-state index in [1.54, 1.807) is 0 Å². The zero-order valence-corrected chi connectivity index (χ0v) is 11.1. The lowest BCUT2D eigenvalue weighted by molar-refractivity contribution is 0.681.